The third-order valence-corrected chi connectivity index (χ3v) is 1.79. The minimum Gasteiger partial charge on any atom is -0.303 e. The predicted molar refractivity (Wildman–Crippen MR) is 43.9 cm³/mol. The maximum atomic E-state index is 10.2. The number of carbonyl (C=O) groups is 1. The minimum absolute atomic E-state index is 0.251. The van der Waals surface area contributed by atoms with Crippen molar-refractivity contribution in [3.63, 3.8) is 0 Å². The molecule has 1 nitrogen and oxygen atoms in total. The van der Waals surface area contributed by atoms with Gasteiger partial charge in [-0.25, -0.2) is 0 Å². The van der Waals surface area contributed by atoms with Gasteiger partial charge < -0.3 is 4.79 Å². The molecule has 1 heteroatoms. The van der Waals surface area contributed by atoms with Gasteiger partial charge in [0.15, 0.2) is 0 Å². The lowest BCUT2D eigenvalue weighted by molar-refractivity contribution is -0.111. The fourth-order valence-corrected chi connectivity index (χ4v) is 1.30. The Labute approximate surface area is 63.8 Å². The first-order valence-corrected chi connectivity index (χ1v) is 4.16. The molecule has 0 saturated carbocycles. The molecule has 2 unspecified atom stereocenters. The fraction of sp³-hybridized carbons (Fsp3) is 0.889. The molecule has 0 heterocycles. The van der Waals surface area contributed by atoms with Crippen LogP contribution in [-0.2, 0) is 4.79 Å². The van der Waals surface area contributed by atoms with E-state index in [9.17, 15) is 4.79 Å². The van der Waals surface area contributed by atoms with Gasteiger partial charge in [-0.05, 0) is 12.3 Å². The van der Waals surface area contributed by atoms with Crippen molar-refractivity contribution in [2.75, 3.05) is 0 Å². The molecular formula is C9H18O. The largest absolute Gasteiger partial charge is 0.303 e. The van der Waals surface area contributed by atoms with Gasteiger partial charge in [-0.1, -0.05) is 33.6 Å². The third kappa shape index (κ3) is 4.54. The Kier molecular flexibility index (Phi) is 5.27. The van der Waals surface area contributed by atoms with Crippen molar-refractivity contribution in [3.8, 4) is 0 Å². The summed E-state index contributed by atoms with van der Waals surface area (Å²) in [6, 6.07) is 0. The van der Waals surface area contributed by atoms with Gasteiger partial charge >= 0.3 is 0 Å². The Morgan fingerprint density at radius 1 is 1.40 bits per heavy atom. The molecule has 0 aliphatic carbocycles. The van der Waals surface area contributed by atoms with Crippen LogP contribution in [0.1, 0.15) is 40.0 Å². The molecule has 60 valence electrons. The Morgan fingerprint density at radius 2 is 2.00 bits per heavy atom. The molecule has 0 spiro atoms. The SMILES string of the molecule is CCCC(C)CC(C)C=O. The minimum atomic E-state index is 0.251. The quantitative estimate of drug-likeness (QED) is 0.539. The summed E-state index contributed by atoms with van der Waals surface area (Å²) in [6.45, 7) is 6.38. The van der Waals surface area contributed by atoms with Crippen molar-refractivity contribution >= 4 is 6.29 Å². The molecule has 2 atom stereocenters. The highest BCUT2D eigenvalue weighted by Gasteiger charge is 2.05. The number of rotatable bonds is 5. The average Bonchev–Trinajstić information content (AvgIpc) is 1.88. The highest BCUT2D eigenvalue weighted by molar-refractivity contribution is 5.52. The van der Waals surface area contributed by atoms with Crippen molar-refractivity contribution in [2.24, 2.45) is 11.8 Å². The second-order valence-corrected chi connectivity index (χ2v) is 3.24. The number of aldehydes is 1. The van der Waals surface area contributed by atoms with Crippen LogP contribution < -0.4 is 0 Å². The van der Waals surface area contributed by atoms with Crippen LogP contribution in [0.25, 0.3) is 0 Å². The Bertz CT molecular complexity index is 88.7. The van der Waals surface area contributed by atoms with Gasteiger partial charge in [0.05, 0.1) is 0 Å². The van der Waals surface area contributed by atoms with E-state index in [0.717, 1.165) is 12.7 Å². The van der Waals surface area contributed by atoms with E-state index in [1.165, 1.54) is 12.8 Å². The highest BCUT2D eigenvalue weighted by Crippen LogP contribution is 2.14. The van der Waals surface area contributed by atoms with E-state index in [-0.39, 0.29) is 5.92 Å². The summed E-state index contributed by atoms with van der Waals surface area (Å²) >= 11 is 0. The van der Waals surface area contributed by atoms with Crippen molar-refractivity contribution in [1.29, 1.82) is 0 Å². The van der Waals surface area contributed by atoms with Gasteiger partial charge in [-0.3, -0.25) is 0 Å². The smallest absolute Gasteiger partial charge is 0.122 e. The molecule has 0 N–H and O–H groups in total. The molecule has 0 bridgehead atoms. The van der Waals surface area contributed by atoms with Crippen LogP contribution in [0, 0.1) is 11.8 Å². The Morgan fingerprint density at radius 3 is 2.40 bits per heavy atom. The molecule has 0 rings (SSSR count). The van der Waals surface area contributed by atoms with Gasteiger partial charge in [0.25, 0.3) is 0 Å². The standard InChI is InChI=1S/C9H18O/c1-4-5-8(2)6-9(3)7-10/h7-9H,4-6H2,1-3H3. The molecule has 0 aromatic rings. The number of carbonyl (C=O) groups excluding carboxylic acids is 1. The van der Waals surface area contributed by atoms with Crippen LogP contribution in [0.2, 0.25) is 0 Å². The van der Waals surface area contributed by atoms with E-state index in [4.69, 9.17) is 0 Å². The second kappa shape index (κ2) is 5.45. The first-order chi connectivity index (χ1) is 4.70. The molecule has 0 amide bonds. The normalized spacial score (nSPS) is 16.3. The number of hydrogen-bond donors (Lipinski definition) is 0. The van der Waals surface area contributed by atoms with Crippen LogP contribution in [0.15, 0.2) is 0 Å². The number of hydrogen-bond acceptors (Lipinski definition) is 1. The van der Waals surface area contributed by atoms with Crippen LogP contribution in [0.5, 0.6) is 0 Å². The molecule has 0 aliphatic rings. The van der Waals surface area contributed by atoms with Gasteiger partial charge in [-0.15, -0.1) is 0 Å². The van der Waals surface area contributed by atoms with E-state index in [1.54, 1.807) is 0 Å². The van der Waals surface area contributed by atoms with E-state index >= 15 is 0 Å². The maximum absolute atomic E-state index is 10.2. The lowest BCUT2D eigenvalue weighted by Gasteiger charge is -2.10. The third-order valence-electron chi connectivity index (χ3n) is 1.79. The van der Waals surface area contributed by atoms with E-state index in [2.05, 4.69) is 13.8 Å². The summed E-state index contributed by atoms with van der Waals surface area (Å²) in [5, 5.41) is 0. The topological polar surface area (TPSA) is 17.1 Å². The van der Waals surface area contributed by atoms with Gasteiger partial charge in [0.2, 0.25) is 0 Å². The summed E-state index contributed by atoms with van der Waals surface area (Å²) in [7, 11) is 0. The van der Waals surface area contributed by atoms with E-state index in [1.807, 2.05) is 6.92 Å². The molecule has 0 aromatic heterocycles. The molecule has 0 aliphatic heterocycles. The fourth-order valence-electron chi connectivity index (χ4n) is 1.30. The van der Waals surface area contributed by atoms with Gasteiger partial charge in [0.1, 0.15) is 6.29 Å². The van der Waals surface area contributed by atoms with E-state index < -0.39 is 0 Å². The van der Waals surface area contributed by atoms with Crippen molar-refractivity contribution in [1.82, 2.24) is 0 Å². The van der Waals surface area contributed by atoms with Crippen molar-refractivity contribution in [3.05, 3.63) is 0 Å². The van der Waals surface area contributed by atoms with Crippen LogP contribution in [0.4, 0.5) is 0 Å². The average molecular weight is 142 g/mol. The second-order valence-electron chi connectivity index (χ2n) is 3.24. The molecule has 0 saturated heterocycles. The van der Waals surface area contributed by atoms with Crippen molar-refractivity contribution in [2.45, 2.75) is 40.0 Å². The van der Waals surface area contributed by atoms with Crippen LogP contribution in [0.3, 0.4) is 0 Å². The zero-order valence-electron chi connectivity index (χ0n) is 7.26. The zero-order chi connectivity index (χ0) is 7.98. The molecule has 0 fully saturated rings. The zero-order valence-corrected chi connectivity index (χ0v) is 7.26. The van der Waals surface area contributed by atoms with Gasteiger partial charge in [-0.2, -0.15) is 0 Å². The first-order valence-electron chi connectivity index (χ1n) is 4.16. The predicted octanol–water partition coefficient (Wildman–Crippen LogP) is 2.65. The van der Waals surface area contributed by atoms with Gasteiger partial charge in [0, 0.05) is 5.92 Å². The Balaban J connectivity index is 3.36. The summed E-state index contributed by atoms with van der Waals surface area (Å²) in [6.07, 6.45) is 4.58. The van der Waals surface area contributed by atoms with Crippen molar-refractivity contribution < 1.29 is 4.79 Å². The lowest BCUT2D eigenvalue weighted by atomic mass is 9.95. The molecular weight excluding hydrogens is 124 g/mol. The Hall–Kier alpha value is -0.330. The highest BCUT2D eigenvalue weighted by atomic mass is 16.1. The first kappa shape index (κ1) is 9.67. The molecule has 0 aromatic carbocycles. The van der Waals surface area contributed by atoms with Crippen LogP contribution >= 0.6 is 0 Å². The van der Waals surface area contributed by atoms with Crippen LogP contribution in [-0.4, -0.2) is 6.29 Å². The van der Waals surface area contributed by atoms with E-state index in [0.29, 0.717) is 5.92 Å². The summed E-state index contributed by atoms with van der Waals surface area (Å²) in [4.78, 5) is 10.2. The molecule has 0 radical (unpaired) electrons. The summed E-state index contributed by atoms with van der Waals surface area (Å²) < 4.78 is 0. The molecule has 10 heavy (non-hydrogen) atoms. The summed E-state index contributed by atoms with van der Waals surface area (Å²) in [5.41, 5.74) is 0. The monoisotopic (exact) mass is 142 g/mol. The maximum Gasteiger partial charge on any atom is 0.122 e. The summed E-state index contributed by atoms with van der Waals surface area (Å²) in [5.74, 6) is 0.965. The lowest BCUT2D eigenvalue weighted by Crippen LogP contribution is -2.03.